The molecule has 1 aliphatic heterocycles. The first-order valence-corrected chi connectivity index (χ1v) is 10.2. The van der Waals surface area contributed by atoms with E-state index in [0.717, 1.165) is 12.8 Å². The Morgan fingerprint density at radius 2 is 1.96 bits per heavy atom. The van der Waals surface area contributed by atoms with Gasteiger partial charge in [-0.2, -0.15) is 9.40 Å². The molecule has 10 heteroatoms. The maximum absolute atomic E-state index is 12.5. The molecule has 2 aromatic rings. The molecule has 2 heterocycles. The van der Waals surface area contributed by atoms with Gasteiger partial charge in [0.15, 0.2) is 5.16 Å². The van der Waals surface area contributed by atoms with Crippen LogP contribution in [0.5, 0.6) is 0 Å². The average molecular weight is 381 g/mol. The summed E-state index contributed by atoms with van der Waals surface area (Å²) in [6.07, 6.45) is 3.18. The smallest absolute Gasteiger partial charge is 0.243 e. The van der Waals surface area contributed by atoms with Crippen molar-refractivity contribution in [2.75, 3.05) is 18.4 Å². The maximum atomic E-state index is 12.5. The minimum Gasteiger partial charge on any atom is -0.325 e. The van der Waals surface area contributed by atoms with Crippen molar-refractivity contribution in [2.24, 2.45) is 0 Å². The second-order valence-corrected chi connectivity index (χ2v) is 8.94. The van der Waals surface area contributed by atoms with Crippen LogP contribution in [0.15, 0.2) is 40.6 Å². The van der Waals surface area contributed by atoms with Crippen LogP contribution in [0, 0.1) is 0 Å². The maximum Gasteiger partial charge on any atom is 0.243 e. The van der Waals surface area contributed by atoms with Crippen molar-refractivity contribution < 1.29 is 13.2 Å². The number of thioether (sulfide) groups is 1. The van der Waals surface area contributed by atoms with Gasteiger partial charge in [-0.1, -0.05) is 11.8 Å². The van der Waals surface area contributed by atoms with Gasteiger partial charge in [0.25, 0.3) is 0 Å². The summed E-state index contributed by atoms with van der Waals surface area (Å²) in [4.78, 5) is 16.4. The molecule has 3 rings (SSSR count). The number of rotatable bonds is 6. The normalized spacial score (nSPS) is 16.7. The van der Waals surface area contributed by atoms with Gasteiger partial charge in [0.2, 0.25) is 15.9 Å². The third-order valence-electron chi connectivity index (χ3n) is 3.88. The molecule has 1 aromatic heterocycles. The minimum absolute atomic E-state index is 0.198. The van der Waals surface area contributed by atoms with Crippen LogP contribution >= 0.6 is 11.8 Å². The number of hydrogen-bond donors (Lipinski definition) is 2. The SMILES string of the molecule is CC(Sc1ncn[nH]1)C(=O)Nc1ccc(S(=O)(=O)N2CCCC2)cc1. The van der Waals surface area contributed by atoms with Crippen molar-refractivity contribution in [2.45, 2.75) is 35.1 Å². The first-order valence-electron chi connectivity index (χ1n) is 7.90. The molecular weight excluding hydrogens is 362 g/mol. The van der Waals surface area contributed by atoms with Crippen LogP contribution in [-0.4, -0.2) is 52.2 Å². The number of benzene rings is 1. The van der Waals surface area contributed by atoms with Crippen LogP contribution in [0.4, 0.5) is 5.69 Å². The third-order valence-corrected chi connectivity index (χ3v) is 6.78. The Morgan fingerprint density at radius 3 is 2.56 bits per heavy atom. The Bertz CT molecular complexity index is 815. The number of carbonyl (C=O) groups is 1. The first-order chi connectivity index (χ1) is 12.0. The lowest BCUT2D eigenvalue weighted by atomic mass is 10.3. The number of sulfonamides is 1. The summed E-state index contributed by atoms with van der Waals surface area (Å²) in [6.45, 7) is 2.89. The number of aromatic amines is 1. The van der Waals surface area contributed by atoms with E-state index in [1.165, 1.54) is 34.5 Å². The highest BCUT2D eigenvalue weighted by atomic mass is 32.2. The van der Waals surface area contributed by atoms with Gasteiger partial charge >= 0.3 is 0 Å². The number of amides is 1. The Hall–Kier alpha value is -1.91. The van der Waals surface area contributed by atoms with Gasteiger partial charge in [-0.25, -0.2) is 13.4 Å². The molecule has 25 heavy (non-hydrogen) atoms. The number of H-pyrrole nitrogens is 1. The van der Waals surface area contributed by atoms with Crippen molar-refractivity contribution in [3.63, 3.8) is 0 Å². The first kappa shape index (κ1) is 17.9. The van der Waals surface area contributed by atoms with Gasteiger partial charge in [0.05, 0.1) is 10.1 Å². The Labute approximate surface area is 150 Å². The highest BCUT2D eigenvalue weighted by Gasteiger charge is 2.27. The van der Waals surface area contributed by atoms with Crippen molar-refractivity contribution >= 4 is 33.4 Å². The summed E-state index contributed by atoms with van der Waals surface area (Å²) in [5.41, 5.74) is 0.551. The molecule has 1 unspecified atom stereocenters. The van der Waals surface area contributed by atoms with Crippen molar-refractivity contribution in [1.29, 1.82) is 0 Å². The van der Waals surface area contributed by atoms with E-state index in [2.05, 4.69) is 20.5 Å². The third kappa shape index (κ3) is 4.20. The topological polar surface area (TPSA) is 108 Å². The summed E-state index contributed by atoms with van der Waals surface area (Å²) in [5, 5.41) is 9.38. The van der Waals surface area contributed by atoms with E-state index in [-0.39, 0.29) is 16.1 Å². The number of carbonyl (C=O) groups excluding carboxylic acids is 1. The molecule has 1 aliphatic rings. The second kappa shape index (κ2) is 7.54. The predicted octanol–water partition coefficient (Wildman–Crippen LogP) is 1.71. The second-order valence-electron chi connectivity index (χ2n) is 5.68. The zero-order chi connectivity index (χ0) is 17.9. The molecule has 1 fully saturated rings. The Kier molecular flexibility index (Phi) is 5.40. The lowest BCUT2D eigenvalue weighted by molar-refractivity contribution is -0.115. The van der Waals surface area contributed by atoms with Gasteiger partial charge in [-0.05, 0) is 44.0 Å². The molecule has 134 valence electrons. The van der Waals surface area contributed by atoms with E-state index in [1.807, 2.05) is 0 Å². The summed E-state index contributed by atoms with van der Waals surface area (Å²) in [6, 6.07) is 6.26. The lowest BCUT2D eigenvalue weighted by Crippen LogP contribution is -2.27. The summed E-state index contributed by atoms with van der Waals surface area (Å²) < 4.78 is 26.4. The van der Waals surface area contributed by atoms with Crippen LogP contribution in [0.25, 0.3) is 0 Å². The van der Waals surface area contributed by atoms with Crippen LogP contribution < -0.4 is 5.32 Å². The van der Waals surface area contributed by atoms with E-state index in [1.54, 1.807) is 19.1 Å². The van der Waals surface area contributed by atoms with Gasteiger partial charge in [0, 0.05) is 18.8 Å². The Balaban J connectivity index is 1.63. The summed E-state index contributed by atoms with van der Waals surface area (Å²) >= 11 is 1.26. The Morgan fingerprint density at radius 1 is 1.28 bits per heavy atom. The number of nitrogens with one attached hydrogen (secondary N) is 2. The molecule has 0 radical (unpaired) electrons. The molecule has 1 saturated heterocycles. The molecule has 1 amide bonds. The van der Waals surface area contributed by atoms with E-state index in [4.69, 9.17) is 0 Å². The van der Waals surface area contributed by atoms with Crippen LogP contribution in [0.3, 0.4) is 0 Å². The molecule has 0 spiro atoms. The molecule has 0 bridgehead atoms. The molecule has 1 aromatic carbocycles. The zero-order valence-corrected chi connectivity index (χ0v) is 15.3. The minimum atomic E-state index is -3.44. The number of hydrogen-bond acceptors (Lipinski definition) is 6. The van der Waals surface area contributed by atoms with Crippen LogP contribution in [0.1, 0.15) is 19.8 Å². The number of anilines is 1. The molecule has 1 atom stereocenters. The summed E-state index contributed by atoms with van der Waals surface area (Å²) in [7, 11) is -3.44. The predicted molar refractivity (Wildman–Crippen MR) is 94.8 cm³/mol. The number of aromatic nitrogens is 3. The van der Waals surface area contributed by atoms with Crippen molar-refractivity contribution in [3.8, 4) is 0 Å². The highest BCUT2D eigenvalue weighted by Crippen LogP contribution is 2.23. The van der Waals surface area contributed by atoms with Crippen molar-refractivity contribution in [1.82, 2.24) is 19.5 Å². The van der Waals surface area contributed by atoms with E-state index in [9.17, 15) is 13.2 Å². The molecule has 0 saturated carbocycles. The molecule has 8 nitrogen and oxygen atoms in total. The van der Waals surface area contributed by atoms with Gasteiger partial charge in [-0.15, -0.1) is 0 Å². The monoisotopic (exact) mass is 381 g/mol. The molecular formula is C15H19N5O3S2. The van der Waals surface area contributed by atoms with Gasteiger partial charge < -0.3 is 5.32 Å². The number of nitrogens with zero attached hydrogens (tertiary/aromatic N) is 3. The van der Waals surface area contributed by atoms with E-state index < -0.39 is 10.0 Å². The fourth-order valence-electron chi connectivity index (χ4n) is 2.50. The van der Waals surface area contributed by atoms with E-state index in [0.29, 0.717) is 23.9 Å². The molecule has 0 aliphatic carbocycles. The zero-order valence-electron chi connectivity index (χ0n) is 13.7. The lowest BCUT2D eigenvalue weighted by Gasteiger charge is -2.16. The fraction of sp³-hybridized carbons (Fsp3) is 0.400. The standard InChI is InChI=1S/C15H19N5O3S2/c1-11(24-15-16-10-17-19-15)14(21)18-12-4-6-13(7-5-12)25(22,23)20-8-2-3-9-20/h4-7,10-11H,2-3,8-9H2,1H3,(H,18,21)(H,16,17,19). The average Bonchev–Trinajstić information content (AvgIpc) is 3.29. The summed E-state index contributed by atoms with van der Waals surface area (Å²) in [5.74, 6) is -0.198. The van der Waals surface area contributed by atoms with Crippen LogP contribution in [0.2, 0.25) is 0 Å². The van der Waals surface area contributed by atoms with E-state index >= 15 is 0 Å². The quantitative estimate of drug-likeness (QED) is 0.738. The largest absolute Gasteiger partial charge is 0.325 e. The van der Waals surface area contributed by atoms with Crippen LogP contribution in [-0.2, 0) is 14.8 Å². The van der Waals surface area contributed by atoms with Crippen molar-refractivity contribution in [3.05, 3.63) is 30.6 Å². The van der Waals surface area contributed by atoms with Gasteiger partial charge in [0.1, 0.15) is 6.33 Å². The highest BCUT2D eigenvalue weighted by molar-refractivity contribution is 8.00. The fourth-order valence-corrected chi connectivity index (χ4v) is 4.74. The van der Waals surface area contributed by atoms with Gasteiger partial charge in [-0.3, -0.25) is 9.89 Å². The molecule has 2 N–H and O–H groups in total.